The van der Waals surface area contributed by atoms with Gasteiger partial charge in [-0.2, -0.15) is 0 Å². The first-order chi connectivity index (χ1) is 8.81. The van der Waals surface area contributed by atoms with Gasteiger partial charge in [0.05, 0.1) is 6.54 Å². The van der Waals surface area contributed by atoms with Crippen molar-refractivity contribution in [3.8, 4) is 5.75 Å². The zero-order chi connectivity index (χ0) is 12.4. The number of fused-ring (bicyclic) bond motifs is 1. The van der Waals surface area contributed by atoms with Gasteiger partial charge in [-0.1, -0.05) is 24.3 Å². The van der Waals surface area contributed by atoms with E-state index in [1.807, 2.05) is 12.1 Å². The smallest absolute Gasteiger partial charge is 0.123 e. The second-order valence-corrected chi connectivity index (χ2v) is 5.69. The van der Waals surface area contributed by atoms with E-state index in [1.165, 1.54) is 9.13 Å². The van der Waals surface area contributed by atoms with Crippen molar-refractivity contribution in [2.45, 2.75) is 12.5 Å². The summed E-state index contributed by atoms with van der Waals surface area (Å²) in [6.45, 7) is 0.842. The topological polar surface area (TPSA) is 21.3 Å². The van der Waals surface area contributed by atoms with E-state index in [2.05, 4.69) is 64.3 Å². The fraction of sp³-hybridized carbons (Fsp3) is 0.200. The first-order valence-electron chi connectivity index (χ1n) is 6.05. The van der Waals surface area contributed by atoms with Crippen LogP contribution in [0.5, 0.6) is 5.75 Å². The molecule has 0 saturated carbocycles. The highest BCUT2D eigenvalue weighted by Gasteiger charge is 2.21. The molecule has 1 N–H and O–H groups in total. The molecule has 18 heavy (non-hydrogen) atoms. The number of benzene rings is 2. The van der Waals surface area contributed by atoms with Gasteiger partial charge in [0.15, 0.2) is 0 Å². The van der Waals surface area contributed by atoms with Gasteiger partial charge in [-0.25, -0.2) is 0 Å². The van der Waals surface area contributed by atoms with Gasteiger partial charge in [0.2, 0.25) is 0 Å². The number of anilines is 1. The zero-order valence-corrected chi connectivity index (χ0v) is 12.1. The second-order valence-electron chi connectivity index (χ2n) is 4.44. The maximum Gasteiger partial charge on any atom is 0.123 e. The normalized spacial score (nSPS) is 17.1. The highest BCUT2D eigenvalue weighted by molar-refractivity contribution is 14.1. The summed E-state index contributed by atoms with van der Waals surface area (Å²) in [5, 5.41) is 3.43. The molecular weight excluding hydrogens is 337 g/mol. The van der Waals surface area contributed by atoms with Crippen LogP contribution in [0.15, 0.2) is 48.5 Å². The van der Waals surface area contributed by atoms with Crippen LogP contribution in [-0.4, -0.2) is 12.6 Å². The third kappa shape index (κ3) is 2.61. The lowest BCUT2D eigenvalue weighted by atomic mass is 10.1. The summed E-state index contributed by atoms with van der Waals surface area (Å²) in [6.07, 6.45) is 1.23. The van der Waals surface area contributed by atoms with Crippen molar-refractivity contribution in [1.82, 2.24) is 0 Å². The molecule has 1 aliphatic rings. The van der Waals surface area contributed by atoms with Crippen LogP contribution in [0.3, 0.4) is 0 Å². The molecular formula is C15H14INO. The van der Waals surface area contributed by atoms with Gasteiger partial charge in [-0.15, -0.1) is 0 Å². The Morgan fingerprint density at radius 2 is 2.06 bits per heavy atom. The summed E-state index contributed by atoms with van der Waals surface area (Å²) < 4.78 is 7.14. The molecule has 1 unspecified atom stereocenters. The van der Waals surface area contributed by atoms with E-state index in [9.17, 15) is 0 Å². The van der Waals surface area contributed by atoms with E-state index in [0.717, 1.165) is 24.4 Å². The van der Waals surface area contributed by atoms with Crippen LogP contribution in [-0.2, 0) is 6.42 Å². The molecule has 1 aliphatic heterocycles. The fourth-order valence-corrected chi connectivity index (χ4v) is 2.74. The third-order valence-corrected chi connectivity index (χ3v) is 3.74. The van der Waals surface area contributed by atoms with E-state index >= 15 is 0 Å². The van der Waals surface area contributed by atoms with Crippen LogP contribution in [0.1, 0.15) is 5.56 Å². The van der Waals surface area contributed by atoms with Crippen molar-refractivity contribution >= 4 is 28.3 Å². The van der Waals surface area contributed by atoms with Gasteiger partial charge in [-0.05, 0) is 52.4 Å². The van der Waals surface area contributed by atoms with Gasteiger partial charge in [0.25, 0.3) is 0 Å². The quantitative estimate of drug-likeness (QED) is 0.852. The Balaban J connectivity index is 1.60. The molecule has 0 aliphatic carbocycles. The van der Waals surface area contributed by atoms with Crippen molar-refractivity contribution in [3.63, 3.8) is 0 Å². The molecule has 0 radical (unpaired) electrons. The van der Waals surface area contributed by atoms with Gasteiger partial charge in [0.1, 0.15) is 11.9 Å². The second kappa shape index (κ2) is 5.18. The average molecular weight is 351 g/mol. The standard InChI is InChI=1S/C15H14INO/c16-12-5-3-6-13(9-12)17-10-14-8-11-4-1-2-7-15(11)18-14/h1-7,9,14,17H,8,10H2. The van der Waals surface area contributed by atoms with E-state index in [4.69, 9.17) is 4.74 Å². The number of ether oxygens (including phenoxy) is 1. The lowest BCUT2D eigenvalue weighted by molar-refractivity contribution is 0.246. The van der Waals surface area contributed by atoms with Crippen LogP contribution in [0.2, 0.25) is 0 Å². The minimum Gasteiger partial charge on any atom is -0.488 e. The summed E-state index contributed by atoms with van der Waals surface area (Å²) in [6, 6.07) is 16.7. The third-order valence-electron chi connectivity index (χ3n) is 3.07. The molecule has 0 bridgehead atoms. The Bertz CT molecular complexity index is 531. The maximum absolute atomic E-state index is 5.89. The van der Waals surface area contributed by atoms with Crippen molar-refractivity contribution < 1.29 is 4.74 Å². The molecule has 0 spiro atoms. The predicted octanol–water partition coefficient (Wildman–Crippen LogP) is 3.71. The molecule has 2 nitrogen and oxygen atoms in total. The molecule has 2 aromatic carbocycles. The summed E-state index contributed by atoms with van der Waals surface area (Å²) in [4.78, 5) is 0. The molecule has 0 saturated heterocycles. The van der Waals surface area contributed by atoms with E-state index in [1.54, 1.807) is 0 Å². The number of para-hydroxylation sites is 1. The first kappa shape index (κ1) is 11.8. The average Bonchev–Trinajstić information content (AvgIpc) is 2.79. The molecule has 92 valence electrons. The Kier molecular flexibility index (Phi) is 3.41. The summed E-state index contributed by atoms with van der Waals surface area (Å²) in [5.41, 5.74) is 2.47. The van der Waals surface area contributed by atoms with Gasteiger partial charge >= 0.3 is 0 Å². The van der Waals surface area contributed by atoms with Crippen molar-refractivity contribution in [3.05, 3.63) is 57.7 Å². The number of rotatable bonds is 3. The molecule has 2 aromatic rings. The van der Waals surface area contributed by atoms with Crippen molar-refractivity contribution in [2.75, 3.05) is 11.9 Å². The number of hydrogen-bond donors (Lipinski definition) is 1. The maximum atomic E-state index is 5.89. The largest absolute Gasteiger partial charge is 0.488 e. The molecule has 1 atom stereocenters. The highest BCUT2D eigenvalue weighted by Crippen LogP contribution is 2.28. The summed E-state index contributed by atoms with van der Waals surface area (Å²) >= 11 is 2.32. The minimum absolute atomic E-state index is 0.236. The minimum atomic E-state index is 0.236. The molecule has 0 fully saturated rings. The number of nitrogens with one attached hydrogen (secondary N) is 1. The summed E-state index contributed by atoms with van der Waals surface area (Å²) in [5.74, 6) is 1.03. The fourth-order valence-electron chi connectivity index (χ4n) is 2.20. The van der Waals surface area contributed by atoms with E-state index < -0.39 is 0 Å². The summed E-state index contributed by atoms with van der Waals surface area (Å²) in [7, 11) is 0. The lowest BCUT2D eigenvalue weighted by Gasteiger charge is -2.13. The van der Waals surface area contributed by atoms with Crippen LogP contribution >= 0.6 is 22.6 Å². The van der Waals surface area contributed by atoms with Crippen molar-refractivity contribution in [1.29, 1.82) is 0 Å². The number of hydrogen-bond acceptors (Lipinski definition) is 2. The predicted molar refractivity (Wildman–Crippen MR) is 82.2 cm³/mol. The van der Waals surface area contributed by atoms with Gasteiger partial charge < -0.3 is 10.1 Å². The monoisotopic (exact) mass is 351 g/mol. The van der Waals surface area contributed by atoms with Crippen LogP contribution in [0.4, 0.5) is 5.69 Å². The zero-order valence-electron chi connectivity index (χ0n) is 9.90. The Labute approximate surface area is 121 Å². The Hall–Kier alpha value is -1.23. The SMILES string of the molecule is Ic1cccc(NCC2Cc3ccccc3O2)c1. The molecule has 0 aromatic heterocycles. The first-order valence-corrected chi connectivity index (χ1v) is 7.13. The van der Waals surface area contributed by atoms with Crippen LogP contribution in [0, 0.1) is 3.57 Å². The molecule has 3 heteroatoms. The molecule has 0 amide bonds. The number of halogens is 1. The lowest BCUT2D eigenvalue weighted by Crippen LogP contribution is -2.23. The van der Waals surface area contributed by atoms with Gasteiger partial charge in [-0.3, -0.25) is 0 Å². The Morgan fingerprint density at radius 3 is 2.89 bits per heavy atom. The van der Waals surface area contributed by atoms with E-state index in [0.29, 0.717) is 0 Å². The highest BCUT2D eigenvalue weighted by atomic mass is 127. The Morgan fingerprint density at radius 1 is 1.17 bits per heavy atom. The molecule has 3 rings (SSSR count). The van der Waals surface area contributed by atoms with Gasteiger partial charge in [0, 0.05) is 15.7 Å². The van der Waals surface area contributed by atoms with E-state index in [-0.39, 0.29) is 6.10 Å². The van der Waals surface area contributed by atoms with Crippen molar-refractivity contribution in [2.24, 2.45) is 0 Å². The molecule has 1 heterocycles. The van der Waals surface area contributed by atoms with Crippen LogP contribution in [0.25, 0.3) is 0 Å². The van der Waals surface area contributed by atoms with Crippen LogP contribution < -0.4 is 10.1 Å².